The first kappa shape index (κ1) is 24.0. The molecule has 0 aliphatic carbocycles. The number of hydrogen-bond acceptors (Lipinski definition) is 8. The molecule has 3 amide bonds. The number of anilines is 2. The fraction of sp³-hybridized carbons (Fsp3) is 0.409. The van der Waals surface area contributed by atoms with Gasteiger partial charge in [-0.3, -0.25) is 24.6 Å². The van der Waals surface area contributed by atoms with Crippen LogP contribution in [0.2, 0.25) is 0 Å². The van der Waals surface area contributed by atoms with E-state index in [4.69, 9.17) is 9.15 Å². The highest BCUT2D eigenvalue weighted by Crippen LogP contribution is 2.29. The minimum atomic E-state index is -0.710. The molecule has 4 rings (SSSR count). The minimum absolute atomic E-state index is 0.116. The molecule has 13 heteroatoms. The number of nitro groups is 1. The molecule has 1 N–H and O–H groups in total. The lowest BCUT2D eigenvalue weighted by molar-refractivity contribution is -0.402. The Bertz CT molecular complexity index is 1150. The molecule has 186 valence electrons. The van der Waals surface area contributed by atoms with E-state index in [0.717, 1.165) is 6.07 Å². The first-order chi connectivity index (χ1) is 16.7. The summed E-state index contributed by atoms with van der Waals surface area (Å²) in [5.74, 6) is -1.84. The van der Waals surface area contributed by atoms with Crippen LogP contribution in [0.15, 0.2) is 34.7 Å². The van der Waals surface area contributed by atoms with E-state index in [0.29, 0.717) is 37.4 Å². The number of carbonyl (C=O) groups excluding carboxylic acids is 3. The summed E-state index contributed by atoms with van der Waals surface area (Å²) in [5.41, 5.74) is 0.673. The van der Waals surface area contributed by atoms with Crippen molar-refractivity contribution in [3.8, 4) is 0 Å². The Kier molecular flexibility index (Phi) is 6.85. The smallest absolute Gasteiger partial charge is 0.433 e. The van der Waals surface area contributed by atoms with Gasteiger partial charge in [0.05, 0.1) is 30.5 Å². The molecule has 2 aliphatic rings. The molecule has 2 aliphatic heterocycles. The van der Waals surface area contributed by atoms with E-state index < -0.39 is 34.7 Å². The molecule has 3 heterocycles. The number of rotatable bonds is 6. The van der Waals surface area contributed by atoms with Gasteiger partial charge in [-0.25, -0.2) is 9.18 Å². The van der Waals surface area contributed by atoms with Crippen LogP contribution in [0.4, 0.5) is 26.4 Å². The van der Waals surface area contributed by atoms with Gasteiger partial charge < -0.3 is 24.3 Å². The maximum absolute atomic E-state index is 15.1. The van der Waals surface area contributed by atoms with Crippen LogP contribution in [-0.4, -0.2) is 73.1 Å². The van der Waals surface area contributed by atoms with Gasteiger partial charge in [-0.1, -0.05) is 0 Å². The molecule has 2 fully saturated rings. The lowest BCUT2D eigenvalue weighted by atomic mass is 10.2. The van der Waals surface area contributed by atoms with Crippen LogP contribution in [0, 0.1) is 15.9 Å². The van der Waals surface area contributed by atoms with E-state index in [1.54, 1.807) is 17.0 Å². The fourth-order valence-corrected chi connectivity index (χ4v) is 4.07. The number of furan rings is 1. The monoisotopic (exact) mass is 489 g/mol. The number of nitrogens with zero attached hydrogens (tertiary/aromatic N) is 4. The standard InChI is InChI=1S/C22H24FN5O7/c1-14(29)24-12-16-13-27(22(31)34-16)15-3-4-18(17(23)11-15)25-7-2-8-26(10-9-25)21(30)19-5-6-20(35-19)28(32)33/h3-6,11,16H,2,7-10,12-13H2,1H3,(H,24,29)/t16-/m0/s1. The van der Waals surface area contributed by atoms with Crippen molar-refractivity contribution in [3.63, 3.8) is 0 Å². The Morgan fingerprint density at radius 2 is 2.00 bits per heavy atom. The van der Waals surface area contributed by atoms with Crippen LogP contribution in [0.25, 0.3) is 0 Å². The Morgan fingerprint density at radius 1 is 1.20 bits per heavy atom. The predicted octanol–water partition coefficient (Wildman–Crippen LogP) is 2.14. The number of cyclic esters (lactones) is 1. The highest BCUT2D eigenvalue weighted by Gasteiger charge is 2.33. The van der Waals surface area contributed by atoms with E-state index in [-0.39, 0.29) is 31.3 Å². The maximum atomic E-state index is 15.1. The molecule has 12 nitrogen and oxygen atoms in total. The fourth-order valence-electron chi connectivity index (χ4n) is 4.07. The van der Waals surface area contributed by atoms with E-state index in [1.807, 2.05) is 0 Å². The van der Waals surface area contributed by atoms with Gasteiger partial charge in [0.2, 0.25) is 5.91 Å². The topological polar surface area (TPSA) is 138 Å². The number of hydrogen-bond donors (Lipinski definition) is 1. The molecule has 0 unspecified atom stereocenters. The first-order valence-electron chi connectivity index (χ1n) is 11.0. The van der Waals surface area contributed by atoms with Crippen LogP contribution in [-0.2, 0) is 9.53 Å². The number of halogens is 1. The predicted molar refractivity (Wildman–Crippen MR) is 121 cm³/mol. The molecule has 1 aromatic carbocycles. The summed E-state index contributed by atoms with van der Waals surface area (Å²) in [6.45, 7) is 3.22. The second kappa shape index (κ2) is 9.99. The van der Waals surface area contributed by atoms with E-state index >= 15 is 4.39 Å². The van der Waals surface area contributed by atoms with Crippen molar-refractivity contribution >= 4 is 35.2 Å². The quantitative estimate of drug-likeness (QED) is 0.481. The van der Waals surface area contributed by atoms with Gasteiger partial charge in [0, 0.05) is 33.1 Å². The van der Waals surface area contributed by atoms with Crippen LogP contribution < -0.4 is 15.1 Å². The van der Waals surface area contributed by atoms with Crippen molar-refractivity contribution in [1.82, 2.24) is 10.2 Å². The van der Waals surface area contributed by atoms with Gasteiger partial charge in [-0.05, 0) is 30.7 Å². The summed E-state index contributed by atoms with van der Waals surface area (Å²) >= 11 is 0. The summed E-state index contributed by atoms with van der Waals surface area (Å²) < 4.78 is 25.3. The lowest BCUT2D eigenvalue weighted by Gasteiger charge is -2.24. The molecule has 1 aromatic heterocycles. The number of carbonyl (C=O) groups is 3. The summed E-state index contributed by atoms with van der Waals surface area (Å²) in [7, 11) is 0. The van der Waals surface area contributed by atoms with Gasteiger partial charge in [0.1, 0.15) is 16.8 Å². The largest absolute Gasteiger partial charge is 0.442 e. The molecule has 1 atom stereocenters. The van der Waals surface area contributed by atoms with Crippen LogP contribution in [0.5, 0.6) is 0 Å². The number of amides is 3. The second-order valence-electron chi connectivity index (χ2n) is 8.22. The van der Waals surface area contributed by atoms with Gasteiger partial charge in [-0.2, -0.15) is 0 Å². The average molecular weight is 489 g/mol. The first-order valence-corrected chi connectivity index (χ1v) is 11.0. The summed E-state index contributed by atoms with van der Waals surface area (Å²) in [4.78, 5) is 50.7. The normalized spacial score (nSPS) is 18.3. The summed E-state index contributed by atoms with van der Waals surface area (Å²) in [6, 6.07) is 6.86. The second-order valence-corrected chi connectivity index (χ2v) is 8.22. The van der Waals surface area contributed by atoms with Crippen molar-refractivity contribution in [2.24, 2.45) is 0 Å². The Labute approximate surface area is 199 Å². The number of nitrogens with one attached hydrogen (secondary N) is 1. The van der Waals surface area contributed by atoms with E-state index in [2.05, 4.69) is 5.32 Å². The van der Waals surface area contributed by atoms with Gasteiger partial charge in [0.15, 0.2) is 5.76 Å². The third-order valence-corrected chi connectivity index (χ3v) is 5.80. The zero-order valence-corrected chi connectivity index (χ0v) is 18.9. The summed E-state index contributed by atoms with van der Waals surface area (Å²) in [5, 5.41) is 13.4. The van der Waals surface area contributed by atoms with Crippen LogP contribution in [0.3, 0.4) is 0 Å². The van der Waals surface area contributed by atoms with E-state index in [1.165, 1.54) is 28.9 Å². The molecule has 0 saturated carbocycles. The zero-order valence-electron chi connectivity index (χ0n) is 18.9. The Hall–Kier alpha value is -4.16. The molecule has 35 heavy (non-hydrogen) atoms. The molecule has 2 aromatic rings. The molecular weight excluding hydrogens is 465 g/mol. The van der Waals surface area contributed by atoms with Crippen molar-refractivity contribution in [1.29, 1.82) is 0 Å². The lowest BCUT2D eigenvalue weighted by Crippen LogP contribution is -2.35. The van der Waals surface area contributed by atoms with Gasteiger partial charge in [0.25, 0.3) is 5.91 Å². The third kappa shape index (κ3) is 5.34. The average Bonchev–Trinajstić information content (AvgIpc) is 3.38. The molecule has 0 radical (unpaired) electrons. The van der Waals surface area contributed by atoms with E-state index in [9.17, 15) is 24.5 Å². The number of benzene rings is 1. The molecule has 0 spiro atoms. The maximum Gasteiger partial charge on any atom is 0.433 e. The van der Waals surface area contributed by atoms with Crippen LogP contribution in [0.1, 0.15) is 23.9 Å². The minimum Gasteiger partial charge on any atom is -0.442 e. The Balaban J connectivity index is 1.40. The van der Waals surface area contributed by atoms with Crippen molar-refractivity contribution in [2.45, 2.75) is 19.4 Å². The van der Waals surface area contributed by atoms with Crippen LogP contribution >= 0.6 is 0 Å². The SMILES string of the molecule is CC(=O)NC[C@H]1CN(c2ccc(N3CCCN(C(=O)c4ccc([N+](=O)[O-])o4)CC3)c(F)c2)C(=O)O1. The highest BCUT2D eigenvalue weighted by atomic mass is 19.1. The Morgan fingerprint density at radius 3 is 2.69 bits per heavy atom. The molecule has 0 bridgehead atoms. The molecular formula is C22H24FN5O7. The van der Waals surface area contributed by atoms with Gasteiger partial charge >= 0.3 is 12.0 Å². The highest BCUT2D eigenvalue weighted by molar-refractivity contribution is 5.92. The van der Waals surface area contributed by atoms with Crippen molar-refractivity contribution < 1.29 is 32.9 Å². The summed E-state index contributed by atoms with van der Waals surface area (Å²) in [6.07, 6.45) is -0.590. The van der Waals surface area contributed by atoms with Crippen molar-refractivity contribution in [3.05, 3.63) is 52.0 Å². The number of ether oxygens (including phenoxy) is 1. The van der Waals surface area contributed by atoms with Crippen molar-refractivity contribution in [2.75, 3.05) is 49.1 Å². The third-order valence-electron chi connectivity index (χ3n) is 5.80. The van der Waals surface area contributed by atoms with Gasteiger partial charge in [-0.15, -0.1) is 0 Å². The molecule has 2 saturated heterocycles. The zero-order chi connectivity index (χ0) is 25.1.